The van der Waals surface area contributed by atoms with Gasteiger partial charge in [-0.1, -0.05) is 51.8 Å². The molecule has 0 aromatic heterocycles. The van der Waals surface area contributed by atoms with Gasteiger partial charge in [-0.3, -0.25) is 4.79 Å². The van der Waals surface area contributed by atoms with Gasteiger partial charge >= 0.3 is 0 Å². The molecule has 0 radical (unpaired) electrons. The maximum Gasteiger partial charge on any atom is 0.194 e. The zero-order valence-electron chi connectivity index (χ0n) is 13.5. The van der Waals surface area contributed by atoms with E-state index in [2.05, 4.69) is 21.2 Å². The van der Waals surface area contributed by atoms with E-state index in [1.807, 2.05) is 55.5 Å². The summed E-state index contributed by atoms with van der Waals surface area (Å²) in [7, 11) is 0. The van der Waals surface area contributed by atoms with Gasteiger partial charge in [-0.05, 0) is 48.9 Å². The highest BCUT2D eigenvalue weighted by Crippen LogP contribution is 2.30. The van der Waals surface area contributed by atoms with Crippen LogP contribution in [0.4, 0.5) is 17.1 Å². The second-order valence-electron chi connectivity index (χ2n) is 5.70. The summed E-state index contributed by atoms with van der Waals surface area (Å²) in [5.41, 5.74) is 10.2. The van der Waals surface area contributed by atoms with Crippen LogP contribution in [0.5, 0.6) is 0 Å². The van der Waals surface area contributed by atoms with Crippen molar-refractivity contribution in [2.75, 3.05) is 11.1 Å². The standard InChI is InChI=1S/C20H16BrClN2O/c1-12-4-2-3-5-15(12)20(25)16-8-7-14(11-17(16)22)24-19-10-13(21)6-9-18(19)23/h2-11,24H,23H2,1H3. The number of aryl methyl sites for hydroxylation is 1. The van der Waals surface area contributed by atoms with Crippen LogP contribution < -0.4 is 11.1 Å². The lowest BCUT2D eigenvalue weighted by Crippen LogP contribution is -2.05. The van der Waals surface area contributed by atoms with Crippen LogP contribution in [0, 0.1) is 6.92 Å². The fraction of sp³-hybridized carbons (Fsp3) is 0.0500. The van der Waals surface area contributed by atoms with Crippen molar-refractivity contribution in [3.05, 3.63) is 86.8 Å². The number of halogens is 2. The molecular weight excluding hydrogens is 400 g/mol. The predicted molar refractivity (Wildman–Crippen MR) is 108 cm³/mol. The molecule has 3 aromatic carbocycles. The molecular formula is C20H16BrClN2O. The molecule has 0 saturated carbocycles. The van der Waals surface area contributed by atoms with Crippen molar-refractivity contribution in [3.63, 3.8) is 0 Å². The van der Waals surface area contributed by atoms with E-state index < -0.39 is 0 Å². The number of carbonyl (C=O) groups is 1. The first kappa shape index (κ1) is 17.5. The van der Waals surface area contributed by atoms with Crippen molar-refractivity contribution < 1.29 is 4.79 Å². The average Bonchev–Trinajstić information content (AvgIpc) is 2.58. The van der Waals surface area contributed by atoms with E-state index >= 15 is 0 Å². The fourth-order valence-electron chi connectivity index (χ4n) is 2.54. The second kappa shape index (κ2) is 7.30. The van der Waals surface area contributed by atoms with Crippen LogP contribution >= 0.6 is 27.5 Å². The first-order valence-corrected chi connectivity index (χ1v) is 8.85. The Bertz CT molecular complexity index is 956. The molecule has 126 valence electrons. The van der Waals surface area contributed by atoms with Crippen LogP contribution in [0.25, 0.3) is 0 Å². The molecule has 0 aliphatic rings. The lowest BCUT2D eigenvalue weighted by molar-refractivity contribution is 0.103. The summed E-state index contributed by atoms with van der Waals surface area (Å²) >= 11 is 9.78. The quantitative estimate of drug-likeness (QED) is 0.408. The monoisotopic (exact) mass is 414 g/mol. The lowest BCUT2D eigenvalue weighted by Gasteiger charge is -2.12. The van der Waals surface area contributed by atoms with Gasteiger partial charge in [-0.15, -0.1) is 0 Å². The van der Waals surface area contributed by atoms with Gasteiger partial charge in [0.15, 0.2) is 5.78 Å². The summed E-state index contributed by atoms with van der Waals surface area (Å²) < 4.78 is 0.918. The van der Waals surface area contributed by atoms with Crippen LogP contribution in [-0.2, 0) is 0 Å². The first-order chi connectivity index (χ1) is 12.0. The summed E-state index contributed by atoms with van der Waals surface area (Å²) in [5.74, 6) is -0.0865. The van der Waals surface area contributed by atoms with Crippen LogP contribution in [0.15, 0.2) is 65.1 Å². The molecule has 0 aliphatic heterocycles. The van der Waals surface area contributed by atoms with E-state index in [4.69, 9.17) is 17.3 Å². The Balaban J connectivity index is 1.90. The molecule has 3 nitrogen and oxygen atoms in total. The van der Waals surface area contributed by atoms with E-state index in [0.717, 1.165) is 21.4 Å². The highest BCUT2D eigenvalue weighted by Gasteiger charge is 2.15. The number of nitrogen functional groups attached to an aromatic ring is 1. The third kappa shape index (κ3) is 3.86. The third-order valence-electron chi connectivity index (χ3n) is 3.90. The Morgan fingerprint density at radius 3 is 2.52 bits per heavy atom. The smallest absolute Gasteiger partial charge is 0.194 e. The number of hydrogen-bond acceptors (Lipinski definition) is 3. The molecule has 25 heavy (non-hydrogen) atoms. The van der Waals surface area contributed by atoms with Crippen LogP contribution in [0.3, 0.4) is 0 Å². The molecule has 0 bridgehead atoms. The van der Waals surface area contributed by atoms with Crippen molar-refractivity contribution in [2.45, 2.75) is 6.92 Å². The zero-order valence-corrected chi connectivity index (χ0v) is 15.9. The van der Waals surface area contributed by atoms with E-state index in [-0.39, 0.29) is 5.78 Å². The Morgan fingerprint density at radius 2 is 1.80 bits per heavy atom. The maximum absolute atomic E-state index is 12.7. The molecule has 0 atom stereocenters. The van der Waals surface area contributed by atoms with Gasteiger partial charge in [0.25, 0.3) is 0 Å². The number of carbonyl (C=O) groups excluding carboxylic acids is 1. The minimum Gasteiger partial charge on any atom is -0.397 e. The molecule has 0 spiro atoms. The molecule has 0 fully saturated rings. The largest absolute Gasteiger partial charge is 0.397 e. The van der Waals surface area contributed by atoms with Crippen LogP contribution in [-0.4, -0.2) is 5.78 Å². The lowest BCUT2D eigenvalue weighted by atomic mass is 9.99. The zero-order chi connectivity index (χ0) is 18.0. The van der Waals surface area contributed by atoms with Gasteiger partial charge in [0.1, 0.15) is 0 Å². The molecule has 0 aliphatic carbocycles. The third-order valence-corrected chi connectivity index (χ3v) is 4.70. The summed E-state index contributed by atoms with van der Waals surface area (Å²) in [5, 5.41) is 3.62. The summed E-state index contributed by atoms with van der Waals surface area (Å²) in [6, 6.07) is 18.3. The Hall–Kier alpha value is -2.30. The molecule has 3 N–H and O–H groups in total. The number of hydrogen-bond donors (Lipinski definition) is 2. The molecule has 5 heteroatoms. The van der Waals surface area contributed by atoms with Gasteiger partial charge < -0.3 is 11.1 Å². The highest BCUT2D eigenvalue weighted by atomic mass is 79.9. The first-order valence-electron chi connectivity index (χ1n) is 7.67. The fourth-order valence-corrected chi connectivity index (χ4v) is 3.17. The van der Waals surface area contributed by atoms with Crippen LogP contribution in [0.1, 0.15) is 21.5 Å². The van der Waals surface area contributed by atoms with E-state index in [1.54, 1.807) is 12.1 Å². The van der Waals surface area contributed by atoms with Gasteiger partial charge in [0.2, 0.25) is 0 Å². The minimum absolute atomic E-state index is 0.0865. The normalized spacial score (nSPS) is 10.5. The summed E-state index contributed by atoms with van der Waals surface area (Å²) in [6.45, 7) is 1.91. The Labute approximate surface area is 159 Å². The van der Waals surface area contributed by atoms with Gasteiger partial charge in [-0.25, -0.2) is 0 Å². The van der Waals surface area contributed by atoms with Crippen molar-refractivity contribution in [3.8, 4) is 0 Å². The Morgan fingerprint density at radius 1 is 1.04 bits per heavy atom. The second-order valence-corrected chi connectivity index (χ2v) is 7.02. The molecule has 0 saturated heterocycles. The van der Waals surface area contributed by atoms with E-state index in [9.17, 15) is 4.79 Å². The Kier molecular flexibility index (Phi) is 5.11. The van der Waals surface area contributed by atoms with E-state index in [1.165, 1.54) is 0 Å². The van der Waals surface area contributed by atoms with Gasteiger partial charge in [-0.2, -0.15) is 0 Å². The average molecular weight is 416 g/mol. The SMILES string of the molecule is Cc1ccccc1C(=O)c1ccc(Nc2cc(Br)ccc2N)cc1Cl. The van der Waals surface area contributed by atoms with Crippen molar-refractivity contribution in [2.24, 2.45) is 0 Å². The number of ketones is 1. The molecule has 0 heterocycles. The summed E-state index contributed by atoms with van der Waals surface area (Å²) in [6.07, 6.45) is 0. The molecule has 0 unspecified atom stereocenters. The number of anilines is 3. The van der Waals surface area contributed by atoms with Crippen molar-refractivity contribution in [1.29, 1.82) is 0 Å². The molecule has 0 amide bonds. The number of benzene rings is 3. The topological polar surface area (TPSA) is 55.1 Å². The number of nitrogens with two attached hydrogens (primary N) is 1. The van der Waals surface area contributed by atoms with Gasteiger partial charge in [0, 0.05) is 21.3 Å². The molecule has 3 aromatic rings. The summed E-state index contributed by atoms with van der Waals surface area (Å²) in [4.78, 5) is 12.7. The molecule has 3 rings (SSSR count). The predicted octanol–water partition coefficient (Wildman–Crippen LogP) is 5.97. The van der Waals surface area contributed by atoms with Crippen molar-refractivity contribution in [1.82, 2.24) is 0 Å². The minimum atomic E-state index is -0.0865. The van der Waals surface area contributed by atoms with Crippen LogP contribution in [0.2, 0.25) is 5.02 Å². The van der Waals surface area contributed by atoms with Gasteiger partial charge in [0.05, 0.1) is 16.4 Å². The van der Waals surface area contributed by atoms with Crippen molar-refractivity contribution >= 4 is 50.4 Å². The highest BCUT2D eigenvalue weighted by molar-refractivity contribution is 9.10. The number of rotatable bonds is 4. The number of nitrogens with one attached hydrogen (secondary N) is 1. The van der Waals surface area contributed by atoms with E-state index in [0.29, 0.717) is 21.8 Å². The maximum atomic E-state index is 12.7.